The SMILES string of the molecule is CCCCNC(=O)[C@H](Cc1ccccc1)N(Cc1ccc(C)cc1)C(=O)Cc1ccc(OC)cc1. The van der Waals surface area contributed by atoms with Crippen LogP contribution >= 0.6 is 0 Å². The first-order chi connectivity index (χ1) is 17.0. The number of unbranched alkanes of at least 4 members (excludes halogenated alkanes) is 1. The van der Waals surface area contributed by atoms with Gasteiger partial charge in [0.25, 0.3) is 0 Å². The fourth-order valence-electron chi connectivity index (χ4n) is 3.97. The van der Waals surface area contributed by atoms with Crippen molar-refractivity contribution in [2.75, 3.05) is 13.7 Å². The maximum Gasteiger partial charge on any atom is 0.243 e. The van der Waals surface area contributed by atoms with Gasteiger partial charge in [0, 0.05) is 19.5 Å². The minimum atomic E-state index is -0.610. The van der Waals surface area contributed by atoms with Crippen molar-refractivity contribution in [1.82, 2.24) is 10.2 Å². The van der Waals surface area contributed by atoms with Crippen LogP contribution < -0.4 is 10.1 Å². The summed E-state index contributed by atoms with van der Waals surface area (Å²) in [6.07, 6.45) is 2.57. The number of ether oxygens (including phenoxy) is 1. The Kier molecular flexibility index (Phi) is 9.91. The minimum absolute atomic E-state index is 0.0812. The molecule has 0 heterocycles. The Morgan fingerprint density at radius 3 is 2.17 bits per heavy atom. The highest BCUT2D eigenvalue weighted by molar-refractivity contribution is 5.88. The van der Waals surface area contributed by atoms with Crippen molar-refractivity contribution in [2.24, 2.45) is 0 Å². The van der Waals surface area contributed by atoms with Crippen molar-refractivity contribution in [1.29, 1.82) is 0 Å². The van der Waals surface area contributed by atoms with Gasteiger partial charge < -0.3 is 15.0 Å². The first kappa shape index (κ1) is 26.0. The van der Waals surface area contributed by atoms with Gasteiger partial charge in [0.15, 0.2) is 0 Å². The van der Waals surface area contributed by atoms with E-state index in [1.807, 2.05) is 85.8 Å². The molecule has 0 radical (unpaired) electrons. The summed E-state index contributed by atoms with van der Waals surface area (Å²) in [5.41, 5.74) is 4.06. The number of carbonyl (C=O) groups excluding carboxylic acids is 2. The number of hydrogen-bond acceptors (Lipinski definition) is 3. The van der Waals surface area contributed by atoms with Gasteiger partial charge in [-0.25, -0.2) is 0 Å². The zero-order valence-electron chi connectivity index (χ0n) is 21.0. The first-order valence-electron chi connectivity index (χ1n) is 12.3. The Labute approximate surface area is 209 Å². The van der Waals surface area contributed by atoms with Gasteiger partial charge in [0.1, 0.15) is 11.8 Å². The van der Waals surface area contributed by atoms with Crippen LogP contribution in [0, 0.1) is 6.92 Å². The molecular weight excluding hydrogens is 436 g/mol. The predicted octanol–water partition coefficient (Wildman–Crippen LogP) is 5.10. The first-order valence-corrected chi connectivity index (χ1v) is 12.3. The number of carbonyl (C=O) groups is 2. The van der Waals surface area contributed by atoms with Crippen LogP contribution in [0.15, 0.2) is 78.9 Å². The lowest BCUT2D eigenvalue weighted by Gasteiger charge is -2.32. The van der Waals surface area contributed by atoms with Gasteiger partial charge in [0.2, 0.25) is 11.8 Å². The molecule has 0 bridgehead atoms. The van der Waals surface area contributed by atoms with Gasteiger partial charge in [-0.2, -0.15) is 0 Å². The molecule has 0 aliphatic rings. The number of rotatable bonds is 12. The van der Waals surface area contributed by atoms with Crippen molar-refractivity contribution in [3.05, 3.63) is 101 Å². The number of aryl methyl sites for hydroxylation is 1. The Morgan fingerprint density at radius 2 is 1.54 bits per heavy atom. The smallest absolute Gasteiger partial charge is 0.243 e. The maximum absolute atomic E-state index is 13.7. The molecule has 3 aromatic carbocycles. The third-order valence-corrected chi connectivity index (χ3v) is 6.09. The molecule has 0 unspecified atom stereocenters. The molecule has 5 nitrogen and oxygen atoms in total. The molecule has 1 atom stereocenters. The van der Waals surface area contributed by atoms with E-state index < -0.39 is 6.04 Å². The summed E-state index contributed by atoms with van der Waals surface area (Å²) in [5, 5.41) is 3.06. The van der Waals surface area contributed by atoms with Gasteiger partial charge in [-0.15, -0.1) is 0 Å². The summed E-state index contributed by atoms with van der Waals surface area (Å²) in [6.45, 7) is 5.10. The highest BCUT2D eigenvalue weighted by atomic mass is 16.5. The summed E-state index contributed by atoms with van der Waals surface area (Å²) >= 11 is 0. The fraction of sp³-hybridized carbons (Fsp3) is 0.333. The van der Waals surface area contributed by atoms with Gasteiger partial charge in [-0.3, -0.25) is 9.59 Å². The molecule has 0 fully saturated rings. The molecule has 35 heavy (non-hydrogen) atoms. The second kappa shape index (κ2) is 13.3. The quantitative estimate of drug-likeness (QED) is 0.373. The molecule has 3 rings (SSSR count). The van der Waals surface area contributed by atoms with Crippen LogP contribution in [0.1, 0.15) is 42.0 Å². The molecular formula is C30H36N2O3. The molecule has 0 aliphatic heterocycles. The van der Waals surface area contributed by atoms with Gasteiger partial charge in [-0.05, 0) is 42.2 Å². The maximum atomic E-state index is 13.7. The number of methoxy groups -OCH3 is 1. The predicted molar refractivity (Wildman–Crippen MR) is 140 cm³/mol. The third kappa shape index (κ3) is 7.99. The standard InChI is InChI=1S/C30H36N2O3/c1-4-5-19-31-30(34)28(20-24-9-7-6-8-10-24)32(22-26-13-11-23(2)12-14-26)29(33)21-25-15-17-27(35-3)18-16-25/h6-18,28H,4-5,19-22H2,1-3H3,(H,31,34)/t28-/m0/s1. The zero-order valence-corrected chi connectivity index (χ0v) is 21.0. The van der Waals surface area contributed by atoms with Crippen LogP contribution in [0.4, 0.5) is 0 Å². The minimum Gasteiger partial charge on any atom is -0.497 e. The van der Waals surface area contributed by atoms with E-state index >= 15 is 0 Å². The summed E-state index contributed by atoms with van der Waals surface area (Å²) in [6, 6.07) is 24.9. The van der Waals surface area contributed by atoms with E-state index in [1.165, 1.54) is 0 Å². The molecule has 0 aliphatic carbocycles. The topological polar surface area (TPSA) is 58.6 Å². The van der Waals surface area contributed by atoms with Crippen molar-refractivity contribution in [3.8, 4) is 5.75 Å². The molecule has 184 valence electrons. The van der Waals surface area contributed by atoms with Gasteiger partial charge in [-0.1, -0.05) is 85.6 Å². The fourth-order valence-corrected chi connectivity index (χ4v) is 3.97. The monoisotopic (exact) mass is 472 g/mol. The number of nitrogens with one attached hydrogen (secondary N) is 1. The largest absolute Gasteiger partial charge is 0.497 e. The highest BCUT2D eigenvalue weighted by Crippen LogP contribution is 2.18. The lowest BCUT2D eigenvalue weighted by molar-refractivity contribution is -0.140. The van der Waals surface area contributed by atoms with Crippen LogP contribution in [0.2, 0.25) is 0 Å². The number of hydrogen-bond donors (Lipinski definition) is 1. The molecule has 3 aromatic rings. The van der Waals surface area contributed by atoms with Crippen molar-refractivity contribution in [2.45, 2.75) is 52.1 Å². The Morgan fingerprint density at radius 1 is 0.886 bits per heavy atom. The van der Waals surface area contributed by atoms with Crippen molar-refractivity contribution in [3.63, 3.8) is 0 Å². The van der Waals surface area contributed by atoms with E-state index in [9.17, 15) is 9.59 Å². The Bertz CT molecular complexity index is 1060. The number of nitrogens with zero attached hydrogens (tertiary/aromatic N) is 1. The average Bonchev–Trinajstić information content (AvgIpc) is 2.88. The third-order valence-electron chi connectivity index (χ3n) is 6.09. The normalized spacial score (nSPS) is 11.5. The molecule has 0 saturated carbocycles. The highest BCUT2D eigenvalue weighted by Gasteiger charge is 2.30. The van der Waals surface area contributed by atoms with Crippen LogP contribution in [0.5, 0.6) is 5.75 Å². The van der Waals surface area contributed by atoms with Gasteiger partial charge >= 0.3 is 0 Å². The molecule has 0 aromatic heterocycles. The van der Waals surface area contributed by atoms with E-state index in [0.717, 1.165) is 40.8 Å². The summed E-state index contributed by atoms with van der Waals surface area (Å²) in [7, 11) is 1.62. The summed E-state index contributed by atoms with van der Waals surface area (Å²) < 4.78 is 5.24. The summed E-state index contributed by atoms with van der Waals surface area (Å²) in [5.74, 6) is 0.551. The van der Waals surface area contributed by atoms with E-state index in [-0.39, 0.29) is 18.2 Å². The summed E-state index contributed by atoms with van der Waals surface area (Å²) in [4.78, 5) is 28.9. The van der Waals surface area contributed by atoms with E-state index in [1.54, 1.807) is 12.0 Å². The van der Waals surface area contributed by atoms with E-state index in [4.69, 9.17) is 4.74 Å². The van der Waals surface area contributed by atoms with Crippen LogP contribution in [-0.4, -0.2) is 36.4 Å². The Hall–Kier alpha value is -3.60. The second-order valence-corrected chi connectivity index (χ2v) is 8.88. The number of benzene rings is 3. The zero-order chi connectivity index (χ0) is 25.0. The van der Waals surface area contributed by atoms with Crippen molar-refractivity contribution < 1.29 is 14.3 Å². The van der Waals surface area contributed by atoms with E-state index in [2.05, 4.69) is 12.2 Å². The molecule has 0 spiro atoms. The molecule has 5 heteroatoms. The molecule has 0 saturated heterocycles. The van der Waals surface area contributed by atoms with Crippen molar-refractivity contribution >= 4 is 11.8 Å². The average molecular weight is 473 g/mol. The van der Waals surface area contributed by atoms with Gasteiger partial charge in [0.05, 0.1) is 13.5 Å². The van der Waals surface area contributed by atoms with Crippen LogP contribution in [0.3, 0.4) is 0 Å². The number of amides is 2. The molecule has 2 amide bonds. The van der Waals surface area contributed by atoms with E-state index in [0.29, 0.717) is 19.5 Å². The lowest BCUT2D eigenvalue weighted by Crippen LogP contribution is -2.51. The second-order valence-electron chi connectivity index (χ2n) is 8.88. The Balaban J connectivity index is 1.91. The van der Waals surface area contributed by atoms with Crippen LogP contribution in [0.25, 0.3) is 0 Å². The van der Waals surface area contributed by atoms with Crippen LogP contribution in [-0.2, 0) is 29.0 Å². The lowest BCUT2D eigenvalue weighted by atomic mass is 10.0. The molecule has 1 N–H and O–H groups in total.